The van der Waals surface area contributed by atoms with Crippen molar-refractivity contribution in [1.29, 1.82) is 0 Å². The average Bonchev–Trinajstić information content (AvgIpc) is 3.38. The van der Waals surface area contributed by atoms with Crippen LogP contribution in [0.3, 0.4) is 0 Å². The Morgan fingerprint density at radius 3 is 1.08 bits per heavy atom. The third kappa shape index (κ3) is 13.6. The van der Waals surface area contributed by atoms with Crippen molar-refractivity contribution in [3.63, 3.8) is 0 Å². The number of aliphatic hydroxyl groups is 16. The molecule has 19 N–H and O–H groups in total. The molecule has 76 heavy (non-hydrogen) atoms. The SMILES string of the molecule is CC(=O)NC1[C@H](OC2C(O)[C@H](O)C(CO)O[C@@H]2O[C@@H]2C(O)[C@H](O[C@@H]3C(CO)O[C@@H](O[C@@H]4C(CO)O[C@@H](C)C(NC(C)=O)[C@H]4O)C(NC(C)=O)[C@H]3O)OC(CO)[C@H]2O)OC(CO)[C@@H](O[C@@H]2OC(CO)[C@H](O)[C@H](O)C2O)[C@@H]1O. The van der Waals surface area contributed by atoms with Gasteiger partial charge in [0, 0.05) is 20.8 Å². The first kappa shape index (κ1) is 62.5. The van der Waals surface area contributed by atoms with Crippen LogP contribution in [0.5, 0.6) is 0 Å². The third-order valence-electron chi connectivity index (χ3n) is 13.9. The molecule has 440 valence electrons. The van der Waals surface area contributed by atoms with Gasteiger partial charge in [0.15, 0.2) is 31.5 Å². The molecule has 6 aliphatic rings. The Hall–Kier alpha value is -2.67. The van der Waals surface area contributed by atoms with E-state index in [4.69, 9.17) is 52.1 Å². The average molecular weight is 1110 g/mol. The number of hydrogen-bond acceptors (Lipinski definition) is 30. The fourth-order valence-electron chi connectivity index (χ4n) is 9.96. The second kappa shape index (κ2) is 27.2. The van der Waals surface area contributed by atoms with Crippen LogP contribution in [-0.4, -0.2) is 323 Å². The van der Waals surface area contributed by atoms with Crippen LogP contribution in [0.25, 0.3) is 0 Å². The first-order valence-corrected chi connectivity index (χ1v) is 24.4. The molecule has 0 radical (unpaired) electrons. The summed E-state index contributed by atoms with van der Waals surface area (Å²) in [6.07, 6.45) is -49.3. The molecule has 0 aromatic rings. The van der Waals surface area contributed by atoms with Crippen molar-refractivity contribution >= 4 is 17.7 Å². The normalized spacial score (nSPS) is 48.2. The van der Waals surface area contributed by atoms with Crippen molar-refractivity contribution in [1.82, 2.24) is 16.0 Å². The van der Waals surface area contributed by atoms with Gasteiger partial charge in [0.2, 0.25) is 17.7 Å². The lowest BCUT2D eigenvalue weighted by molar-refractivity contribution is -0.395. The van der Waals surface area contributed by atoms with Crippen LogP contribution in [0.1, 0.15) is 27.7 Å². The number of amides is 3. The van der Waals surface area contributed by atoms with E-state index in [0.717, 1.165) is 13.8 Å². The van der Waals surface area contributed by atoms with E-state index in [9.17, 15) is 96.1 Å². The van der Waals surface area contributed by atoms with Gasteiger partial charge in [-0.2, -0.15) is 0 Å². The number of carbonyl (C=O) groups excluding carboxylic acids is 3. The molecule has 33 nitrogen and oxygen atoms in total. The molecule has 0 aromatic carbocycles. The van der Waals surface area contributed by atoms with Crippen molar-refractivity contribution in [3.05, 3.63) is 0 Å². The molecule has 0 saturated carbocycles. The first-order chi connectivity index (χ1) is 35.9. The molecule has 6 saturated heterocycles. The summed E-state index contributed by atoms with van der Waals surface area (Å²) < 4.78 is 64.2. The highest BCUT2D eigenvalue weighted by molar-refractivity contribution is 5.74. The van der Waals surface area contributed by atoms with Crippen LogP contribution in [0.15, 0.2) is 0 Å². The van der Waals surface area contributed by atoms with Crippen molar-refractivity contribution in [2.24, 2.45) is 0 Å². The van der Waals surface area contributed by atoms with E-state index in [-0.39, 0.29) is 0 Å². The molecular formula is C43H73N3O30. The second-order valence-corrected chi connectivity index (χ2v) is 19.3. The maximum Gasteiger partial charge on any atom is 0.217 e. The van der Waals surface area contributed by atoms with Gasteiger partial charge in [0.05, 0.1) is 51.8 Å². The summed E-state index contributed by atoms with van der Waals surface area (Å²) in [4.78, 5) is 37.1. The smallest absolute Gasteiger partial charge is 0.217 e. The first-order valence-electron chi connectivity index (χ1n) is 24.4. The molecule has 33 heteroatoms. The van der Waals surface area contributed by atoms with E-state index in [0.29, 0.717) is 0 Å². The molecule has 13 unspecified atom stereocenters. The van der Waals surface area contributed by atoms with Crippen LogP contribution in [0.4, 0.5) is 0 Å². The van der Waals surface area contributed by atoms with Crippen LogP contribution in [-0.2, 0) is 66.5 Å². The van der Waals surface area contributed by atoms with E-state index in [1.54, 1.807) is 0 Å². The molecule has 0 spiro atoms. The van der Waals surface area contributed by atoms with Gasteiger partial charge in [-0.3, -0.25) is 14.4 Å². The van der Waals surface area contributed by atoms with Gasteiger partial charge in [-0.1, -0.05) is 0 Å². The highest BCUT2D eigenvalue weighted by Crippen LogP contribution is 2.37. The van der Waals surface area contributed by atoms with Gasteiger partial charge in [-0.25, -0.2) is 0 Å². The lowest BCUT2D eigenvalue weighted by Gasteiger charge is -2.51. The molecule has 6 fully saturated rings. The fraction of sp³-hybridized carbons (Fsp3) is 0.930. The highest BCUT2D eigenvalue weighted by Gasteiger charge is 2.58. The van der Waals surface area contributed by atoms with Crippen molar-refractivity contribution < 1.29 is 148 Å². The zero-order valence-electron chi connectivity index (χ0n) is 41.4. The van der Waals surface area contributed by atoms with Gasteiger partial charge in [-0.05, 0) is 6.92 Å². The number of hydrogen-bond donors (Lipinski definition) is 19. The minimum absolute atomic E-state index is 0.549. The Morgan fingerprint density at radius 1 is 0.329 bits per heavy atom. The minimum atomic E-state index is -2.25. The minimum Gasteiger partial charge on any atom is -0.394 e. The zero-order valence-corrected chi connectivity index (χ0v) is 41.4. The Balaban J connectivity index is 1.24. The van der Waals surface area contributed by atoms with Gasteiger partial charge in [-0.15, -0.1) is 0 Å². The number of carbonyl (C=O) groups is 3. The molecular weight excluding hydrogens is 1040 g/mol. The summed E-state index contributed by atoms with van der Waals surface area (Å²) in [7, 11) is 0. The summed E-state index contributed by atoms with van der Waals surface area (Å²) in [5.41, 5.74) is 0. The Kier molecular flexibility index (Phi) is 22.4. The van der Waals surface area contributed by atoms with E-state index in [1.807, 2.05) is 0 Å². The standard InChI is InChI=1S/C43H73N3O30/c1-11-21(44-12(2)53)27(59)34(18(8-50)66-11)72-39-22(45-13(3)54)28(60)36(20(10-52)70-39)74-42-33(65)37(26(58)17(7-49)68-42)75-43-38(31(63)25(57)16(6-48)69-43)76-40-23(46-14(4)55)29(61)35(19(9-51)71-40)73-41-32(64)30(62)24(56)15(5-47)67-41/h11,15-43,47-52,56-65H,5-10H2,1-4H3,(H,44,53)(H,45,54)(H,46,55)/t11-,15?,16?,17?,18?,19?,20?,21?,22?,23?,24-,25+,26+,27+,28+,29+,30-,31?,32?,33?,34+,35+,36+,37-,38?,39-,40-,41-,42-,43+/m0/s1. The van der Waals surface area contributed by atoms with Gasteiger partial charge in [0.1, 0.15) is 140 Å². The molecule has 0 aliphatic carbocycles. The molecule has 30 atom stereocenters. The van der Waals surface area contributed by atoms with Crippen molar-refractivity contribution in [3.8, 4) is 0 Å². The fourth-order valence-corrected chi connectivity index (χ4v) is 9.96. The summed E-state index contributed by atoms with van der Waals surface area (Å²) >= 11 is 0. The van der Waals surface area contributed by atoms with Crippen LogP contribution in [0, 0.1) is 0 Å². The van der Waals surface area contributed by atoms with Gasteiger partial charge < -0.3 is 150 Å². The molecule has 0 bridgehead atoms. The molecule has 6 rings (SSSR count). The second-order valence-electron chi connectivity index (χ2n) is 19.3. The number of ether oxygens (including phenoxy) is 11. The number of rotatable bonds is 19. The predicted molar refractivity (Wildman–Crippen MR) is 237 cm³/mol. The Labute approximate surface area is 432 Å². The van der Waals surface area contributed by atoms with Gasteiger partial charge >= 0.3 is 0 Å². The maximum atomic E-state index is 12.6. The topological polar surface area (TPSA) is 513 Å². The number of nitrogens with one attached hydrogen (secondary N) is 3. The van der Waals surface area contributed by atoms with Crippen LogP contribution in [0.2, 0.25) is 0 Å². The van der Waals surface area contributed by atoms with Gasteiger partial charge in [0.25, 0.3) is 0 Å². The Morgan fingerprint density at radius 2 is 0.645 bits per heavy atom. The third-order valence-corrected chi connectivity index (χ3v) is 13.9. The molecule has 6 heterocycles. The largest absolute Gasteiger partial charge is 0.394 e. The zero-order chi connectivity index (χ0) is 56.2. The summed E-state index contributed by atoms with van der Waals surface area (Å²) in [6, 6.07) is -4.51. The molecule has 3 amide bonds. The molecule has 0 aromatic heterocycles. The van der Waals surface area contributed by atoms with Crippen LogP contribution < -0.4 is 16.0 Å². The summed E-state index contributed by atoms with van der Waals surface area (Å²) in [6.45, 7) is -0.877. The van der Waals surface area contributed by atoms with Crippen LogP contribution >= 0.6 is 0 Å². The summed E-state index contributed by atoms with van der Waals surface area (Å²) in [5, 5.41) is 181. The highest BCUT2D eigenvalue weighted by atomic mass is 16.8. The maximum absolute atomic E-state index is 12.6. The predicted octanol–water partition coefficient (Wildman–Crippen LogP) is -12.6. The molecule has 6 aliphatic heterocycles. The van der Waals surface area contributed by atoms with E-state index in [2.05, 4.69) is 16.0 Å². The lowest BCUT2D eigenvalue weighted by Crippen LogP contribution is -2.70. The summed E-state index contributed by atoms with van der Waals surface area (Å²) in [5.74, 6) is -2.17. The lowest BCUT2D eigenvalue weighted by atomic mass is 9.92. The van der Waals surface area contributed by atoms with Crippen molar-refractivity contribution in [2.45, 2.75) is 212 Å². The number of aliphatic hydroxyl groups excluding tert-OH is 16. The van der Waals surface area contributed by atoms with Crippen molar-refractivity contribution in [2.75, 3.05) is 39.6 Å². The quantitative estimate of drug-likeness (QED) is 0.0571. The monoisotopic (exact) mass is 1110 g/mol. The van der Waals surface area contributed by atoms with E-state index in [1.165, 1.54) is 13.8 Å². The van der Waals surface area contributed by atoms with E-state index >= 15 is 0 Å². The van der Waals surface area contributed by atoms with E-state index < -0.39 is 241 Å². The Bertz CT molecular complexity index is 1870.